The lowest BCUT2D eigenvalue weighted by Gasteiger charge is -2.27. The second kappa shape index (κ2) is 8.12. The molecule has 162 valence electrons. The fraction of sp³-hybridized carbons (Fsp3) is 0.250. The zero-order valence-corrected chi connectivity index (χ0v) is 17.3. The first-order chi connectivity index (χ1) is 15.5. The molecule has 0 spiro atoms. The first-order valence-electron chi connectivity index (χ1n) is 10.6. The van der Waals surface area contributed by atoms with Crippen LogP contribution in [0.4, 0.5) is 4.39 Å². The average molecular weight is 431 g/mol. The molecule has 0 unspecified atom stereocenters. The van der Waals surface area contributed by atoms with Crippen LogP contribution >= 0.6 is 0 Å². The SMILES string of the molecule is NC1CCC(n2c(=O)c3cc(F)cnc3n(-c3cccc(-c4ccccn4)c3)c2=O)CC1. The molecule has 0 atom stereocenters. The maximum atomic E-state index is 14.0. The summed E-state index contributed by atoms with van der Waals surface area (Å²) in [7, 11) is 0. The Kier molecular flexibility index (Phi) is 5.14. The van der Waals surface area contributed by atoms with Crippen molar-refractivity contribution in [2.24, 2.45) is 5.73 Å². The van der Waals surface area contributed by atoms with Gasteiger partial charge in [0.15, 0.2) is 5.65 Å². The van der Waals surface area contributed by atoms with Crippen molar-refractivity contribution < 1.29 is 4.39 Å². The van der Waals surface area contributed by atoms with Gasteiger partial charge in [-0.05, 0) is 56.0 Å². The van der Waals surface area contributed by atoms with Gasteiger partial charge in [-0.15, -0.1) is 0 Å². The first kappa shape index (κ1) is 20.3. The zero-order valence-electron chi connectivity index (χ0n) is 17.3. The summed E-state index contributed by atoms with van der Waals surface area (Å²) in [5.74, 6) is -0.626. The molecule has 7 nitrogen and oxygen atoms in total. The fourth-order valence-corrected chi connectivity index (χ4v) is 4.43. The summed E-state index contributed by atoms with van der Waals surface area (Å²) in [6.07, 6.45) is 5.42. The molecule has 0 bridgehead atoms. The highest BCUT2D eigenvalue weighted by molar-refractivity contribution is 5.76. The summed E-state index contributed by atoms with van der Waals surface area (Å²) < 4.78 is 16.7. The molecule has 3 aromatic heterocycles. The predicted molar refractivity (Wildman–Crippen MR) is 120 cm³/mol. The van der Waals surface area contributed by atoms with Crippen LogP contribution in [0.15, 0.2) is 70.5 Å². The summed E-state index contributed by atoms with van der Waals surface area (Å²) in [5.41, 5.74) is 7.23. The van der Waals surface area contributed by atoms with Crippen LogP contribution in [0.25, 0.3) is 28.0 Å². The second-order valence-electron chi connectivity index (χ2n) is 8.15. The minimum atomic E-state index is -0.626. The van der Waals surface area contributed by atoms with E-state index in [1.807, 2.05) is 36.4 Å². The van der Waals surface area contributed by atoms with E-state index in [-0.39, 0.29) is 23.1 Å². The van der Waals surface area contributed by atoms with Crippen molar-refractivity contribution in [1.82, 2.24) is 19.1 Å². The van der Waals surface area contributed by atoms with Crippen LogP contribution in [0.5, 0.6) is 0 Å². The van der Waals surface area contributed by atoms with Crippen molar-refractivity contribution in [2.45, 2.75) is 37.8 Å². The number of benzene rings is 1. The normalized spacial score (nSPS) is 18.7. The Labute approximate surface area is 183 Å². The number of pyridine rings is 2. The van der Waals surface area contributed by atoms with Gasteiger partial charge >= 0.3 is 5.69 Å². The largest absolute Gasteiger partial charge is 0.337 e. The van der Waals surface area contributed by atoms with Gasteiger partial charge in [-0.2, -0.15) is 0 Å². The zero-order chi connectivity index (χ0) is 22.2. The van der Waals surface area contributed by atoms with Gasteiger partial charge in [-0.25, -0.2) is 18.7 Å². The van der Waals surface area contributed by atoms with Crippen LogP contribution in [0.3, 0.4) is 0 Å². The van der Waals surface area contributed by atoms with Crippen molar-refractivity contribution in [2.75, 3.05) is 0 Å². The number of nitrogens with zero attached hydrogens (tertiary/aromatic N) is 4. The van der Waals surface area contributed by atoms with Crippen LogP contribution in [-0.4, -0.2) is 25.1 Å². The quantitative estimate of drug-likeness (QED) is 0.538. The standard InChI is InChI=1S/C24H22FN5O2/c25-16-13-20-22(28-14-16)29(19-5-3-4-15(12-19)21-6-1-2-11-27-21)24(32)30(23(20)31)18-9-7-17(26)8-10-18/h1-6,11-14,17-18H,7-10,26H2. The highest BCUT2D eigenvalue weighted by Crippen LogP contribution is 2.27. The molecule has 1 saturated carbocycles. The lowest BCUT2D eigenvalue weighted by atomic mass is 9.91. The van der Waals surface area contributed by atoms with E-state index in [0.29, 0.717) is 18.5 Å². The molecule has 4 aromatic rings. The van der Waals surface area contributed by atoms with Gasteiger partial charge in [0.1, 0.15) is 5.82 Å². The number of halogens is 1. The Balaban J connectivity index is 1.76. The van der Waals surface area contributed by atoms with Crippen LogP contribution < -0.4 is 17.0 Å². The number of nitrogens with two attached hydrogens (primary N) is 1. The number of fused-ring (bicyclic) bond motifs is 1. The average Bonchev–Trinajstić information content (AvgIpc) is 2.82. The topological polar surface area (TPSA) is 95.8 Å². The van der Waals surface area contributed by atoms with E-state index in [1.165, 1.54) is 9.13 Å². The monoisotopic (exact) mass is 431 g/mol. The number of aromatic nitrogens is 4. The lowest BCUT2D eigenvalue weighted by molar-refractivity contribution is 0.309. The molecular formula is C24H22FN5O2. The van der Waals surface area contributed by atoms with E-state index in [1.54, 1.807) is 12.3 Å². The molecule has 0 amide bonds. The number of rotatable bonds is 3. The third-order valence-electron chi connectivity index (χ3n) is 6.06. The third-order valence-corrected chi connectivity index (χ3v) is 6.06. The van der Waals surface area contributed by atoms with E-state index >= 15 is 0 Å². The van der Waals surface area contributed by atoms with Crippen LogP contribution in [-0.2, 0) is 0 Å². The minimum Gasteiger partial charge on any atom is -0.328 e. The summed E-state index contributed by atoms with van der Waals surface area (Å²) in [6.45, 7) is 0. The van der Waals surface area contributed by atoms with Crippen LogP contribution in [0, 0.1) is 5.82 Å². The van der Waals surface area contributed by atoms with Gasteiger partial charge < -0.3 is 5.73 Å². The predicted octanol–water partition coefficient (Wildman–Crippen LogP) is 3.19. The Morgan fingerprint density at radius 3 is 2.53 bits per heavy atom. The molecule has 1 fully saturated rings. The molecule has 8 heteroatoms. The van der Waals surface area contributed by atoms with Gasteiger partial charge in [-0.3, -0.25) is 14.3 Å². The molecule has 1 aliphatic rings. The summed E-state index contributed by atoms with van der Waals surface area (Å²) >= 11 is 0. The fourth-order valence-electron chi connectivity index (χ4n) is 4.43. The van der Waals surface area contributed by atoms with Gasteiger partial charge in [0.05, 0.1) is 23.0 Å². The van der Waals surface area contributed by atoms with E-state index in [2.05, 4.69) is 9.97 Å². The first-order valence-corrected chi connectivity index (χ1v) is 10.6. The molecular weight excluding hydrogens is 409 g/mol. The summed E-state index contributed by atoms with van der Waals surface area (Å²) in [6, 6.07) is 13.8. The van der Waals surface area contributed by atoms with Crippen molar-refractivity contribution >= 4 is 11.0 Å². The molecule has 0 saturated heterocycles. The van der Waals surface area contributed by atoms with Crippen LogP contribution in [0.1, 0.15) is 31.7 Å². The lowest BCUT2D eigenvalue weighted by Crippen LogP contribution is -2.44. The maximum absolute atomic E-state index is 14.0. The molecule has 0 radical (unpaired) electrons. The molecule has 3 heterocycles. The van der Waals surface area contributed by atoms with Crippen molar-refractivity contribution in [3.8, 4) is 16.9 Å². The van der Waals surface area contributed by atoms with Crippen molar-refractivity contribution in [3.05, 3.63) is 87.6 Å². The highest BCUT2D eigenvalue weighted by atomic mass is 19.1. The molecule has 5 rings (SSSR count). The molecule has 1 aliphatic carbocycles. The summed E-state index contributed by atoms with van der Waals surface area (Å²) in [4.78, 5) is 35.4. The third kappa shape index (κ3) is 3.52. The second-order valence-corrected chi connectivity index (χ2v) is 8.15. The van der Waals surface area contributed by atoms with Crippen molar-refractivity contribution in [3.63, 3.8) is 0 Å². The Morgan fingerprint density at radius 2 is 1.78 bits per heavy atom. The molecule has 1 aromatic carbocycles. The van der Waals surface area contributed by atoms with Gasteiger partial charge in [0.2, 0.25) is 0 Å². The van der Waals surface area contributed by atoms with Crippen molar-refractivity contribution in [1.29, 1.82) is 0 Å². The smallest absolute Gasteiger partial charge is 0.328 e. The maximum Gasteiger partial charge on any atom is 0.337 e. The Morgan fingerprint density at radius 1 is 0.969 bits per heavy atom. The highest BCUT2D eigenvalue weighted by Gasteiger charge is 2.26. The van der Waals surface area contributed by atoms with Gasteiger partial charge in [0, 0.05) is 23.8 Å². The number of hydrogen-bond donors (Lipinski definition) is 1. The minimum absolute atomic E-state index is 0.0683. The summed E-state index contributed by atoms with van der Waals surface area (Å²) in [5, 5.41) is 0.0720. The van der Waals surface area contributed by atoms with E-state index in [4.69, 9.17) is 5.73 Å². The number of hydrogen-bond acceptors (Lipinski definition) is 5. The molecule has 0 aliphatic heterocycles. The van der Waals surface area contributed by atoms with E-state index in [9.17, 15) is 14.0 Å². The molecule has 32 heavy (non-hydrogen) atoms. The van der Waals surface area contributed by atoms with Gasteiger partial charge in [-0.1, -0.05) is 18.2 Å². The Hall–Kier alpha value is -3.65. The Bertz CT molecular complexity index is 1410. The molecule has 2 N–H and O–H groups in total. The van der Waals surface area contributed by atoms with E-state index < -0.39 is 17.1 Å². The van der Waals surface area contributed by atoms with E-state index in [0.717, 1.165) is 36.4 Å². The van der Waals surface area contributed by atoms with Crippen LogP contribution in [0.2, 0.25) is 0 Å². The van der Waals surface area contributed by atoms with Gasteiger partial charge in [0.25, 0.3) is 5.56 Å².